The van der Waals surface area contributed by atoms with Crippen molar-refractivity contribution in [2.75, 3.05) is 44.6 Å². The third kappa shape index (κ3) is 4.69. The maximum Gasteiger partial charge on any atom is 0.410 e. The van der Waals surface area contributed by atoms with E-state index < -0.39 is 0 Å². The molecule has 3 N–H and O–H groups in total. The van der Waals surface area contributed by atoms with E-state index in [1.54, 1.807) is 16.3 Å². The number of aromatic nitrogens is 3. The smallest absolute Gasteiger partial charge is 0.410 e. The Bertz CT molecular complexity index is 1260. The van der Waals surface area contributed by atoms with Crippen molar-refractivity contribution in [1.29, 1.82) is 0 Å². The minimum Gasteiger partial charge on any atom is -0.450 e. The summed E-state index contributed by atoms with van der Waals surface area (Å²) in [6, 6.07) is 11.3. The summed E-state index contributed by atoms with van der Waals surface area (Å²) in [6.45, 7) is 5.33. The number of hydrogen-bond donors (Lipinski definition) is 2. The number of likely N-dealkylation sites (tertiary alicyclic amines) is 1. The number of hydrogen-bond acceptors (Lipinski definition) is 7. The SMILES string of the molecule is CCOC(=O)N1CC=C(c2cccn3nc(Nc4ccc(C(=O)N5CC(CN)C5)cc4)nc23)CC1. The fourth-order valence-corrected chi connectivity index (χ4v) is 4.40. The van der Waals surface area contributed by atoms with Crippen molar-refractivity contribution >= 4 is 34.9 Å². The summed E-state index contributed by atoms with van der Waals surface area (Å²) >= 11 is 0. The van der Waals surface area contributed by atoms with Crippen LogP contribution in [0.5, 0.6) is 0 Å². The van der Waals surface area contributed by atoms with E-state index in [-0.39, 0.29) is 12.0 Å². The summed E-state index contributed by atoms with van der Waals surface area (Å²) in [5.74, 6) is 0.903. The average molecular weight is 476 g/mol. The molecule has 35 heavy (non-hydrogen) atoms. The molecule has 2 amide bonds. The van der Waals surface area contributed by atoms with E-state index in [0.717, 1.165) is 35.6 Å². The van der Waals surface area contributed by atoms with E-state index in [1.165, 1.54) is 0 Å². The van der Waals surface area contributed by atoms with Crippen molar-refractivity contribution in [1.82, 2.24) is 24.4 Å². The van der Waals surface area contributed by atoms with Crippen molar-refractivity contribution < 1.29 is 14.3 Å². The number of fused-ring (bicyclic) bond motifs is 1. The van der Waals surface area contributed by atoms with Gasteiger partial charge < -0.3 is 25.6 Å². The molecule has 1 saturated heterocycles. The summed E-state index contributed by atoms with van der Waals surface area (Å²) in [5, 5.41) is 7.78. The molecule has 4 heterocycles. The van der Waals surface area contributed by atoms with Crippen LogP contribution in [0.25, 0.3) is 11.2 Å². The molecule has 10 heteroatoms. The highest BCUT2D eigenvalue weighted by Crippen LogP contribution is 2.27. The van der Waals surface area contributed by atoms with Gasteiger partial charge in [-0.25, -0.2) is 9.31 Å². The van der Waals surface area contributed by atoms with Crippen LogP contribution < -0.4 is 11.1 Å². The highest BCUT2D eigenvalue weighted by atomic mass is 16.6. The van der Waals surface area contributed by atoms with Gasteiger partial charge in [0.25, 0.3) is 5.91 Å². The Morgan fingerprint density at radius 2 is 1.97 bits per heavy atom. The topological polar surface area (TPSA) is 118 Å². The van der Waals surface area contributed by atoms with Crippen molar-refractivity contribution in [3.63, 3.8) is 0 Å². The van der Waals surface area contributed by atoms with Crippen LogP contribution in [0.4, 0.5) is 16.4 Å². The molecule has 182 valence electrons. The first-order chi connectivity index (χ1) is 17.1. The van der Waals surface area contributed by atoms with Crippen molar-refractivity contribution in [3.05, 3.63) is 59.8 Å². The number of carbonyl (C=O) groups excluding carboxylic acids is 2. The number of ether oxygens (including phenoxy) is 1. The second-order valence-corrected chi connectivity index (χ2v) is 8.76. The molecule has 5 rings (SSSR count). The zero-order valence-electron chi connectivity index (χ0n) is 19.7. The van der Waals surface area contributed by atoms with Crippen molar-refractivity contribution in [3.8, 4) is 0 Å². The van der Waals surface area contributed by atoms with Gasteiger partial charge in [-0.15, -0.1) is 5.10 Å². The molecule has 1 aromatic carbocycles. The van der Waals surface area contributed by atoms with Gasteiger partial charge in [0, 0.05) is 55.1 Å². The van der Waals surface area contributed by atoms with Crippen LogP contribution in [0.1, 0.15) is 29.3 Å². The molecule has 2 aliphatic rings. The van der Waals surface area contributed by atoms with Gasteiger partial charge in [0.15, 0.2) is 5.65 Å². The Morgan fingerprint density at radius 1 is 1.17 bits per heavy atom. The number of rotatable bonds is 6. The minimum absolute atomic E-state index is 0.0269. The Morgan fingerprint density at radius 3 is 2.66 bits per heavy atom. The summed E-state index contributed by atoms with van der Waals surface area (Å²) < 4.78 is 6.84. The molecule has 1 fully saturated rings. The molecular formula is C25H29N7O3. The molecule has 0 saturated carbocycles. The van der Waals surface area contributed by atoms with E-state index in [4.69, 9.17) is 15.5 Å². The maximum atomic E-state index is 12.6. The zero-order valence-corrected chi connectivity index (χ0v) is 19.7. The fraction of sp³-hybridized carbons (Fsp3) is 0.360. The first kappa shape index (κ1) is 22.9. The molecule has 10 nitrogen and oxygen atoms in total. The third-order valence-electron chi connectivity index (χ3n) is 6.41. The quantitative estimate of drug-likeness (QED) is 0.563. The Kier molecular flexibility index (Phi) is 6.37. The predicted octanol–water partition coefficient (Wildman–Crippen LogP) is 2.75. The molecule has 0 radical (unpaired) electrons. The predicted molar refractivity (Wildman–Crippen MR) is 132 cm³/mol. The maximum absolute atomic E-state index is 12.6. The lowest BCUT2D eigenvalue weighted by atomic mass is 9.99. The second kappa shape index (κ2) is 9.75. The third-order valence-corrected chi connectivity index (χ3v) is 6.41. The van der Waals surface area contributed by atoms with Gasteiger partial charge in [-0.1, -0.05) is 6.08 Å². The fourth-order valence-electron chi connectivity index (χ4n) is 4.40. The molecule has 3 aromatic rings. The van der Waals surface area contributed by atoms with Crippen LogP contribution in [0.15, 0.2) is 48.7 Å². The number of carbonyl (C=O) groups is 2. The van der Waals surface area contributed by atoms with Crippen molar-refractivity contribution in [2.45, 2.75) is 13.3 Å². The van der Waals surface area contributed by atoms with Gasteiger partial charge >= 0.3 is 6.09 Å². The summed E-state index contributed by atoms with van der Waals surface area (Å²) in [6.07, 6.45) is 4.33. The highest BCUT2D eigenvalue weighted by molar-refractivity contribution is 5.95. The number of nitrogens with one attached hydrogen (secondary N) is 1. The molecule has 0 spiro atoms. The van der Waals surface area contributed by atoms with Gasteiger partial charge in [0.2, 0.25) is 5.95 Å². The molecule has 2 aromatic heterocycles. The number of benzene rings is 1. The number of nitrogens with two attached hydrogens (primary N) is 1. The second-order valence-electron chi connectivity index (χ2n) is 8.76. The van der Waals surface area contributed by atoms with Crippen LogP contribution in [0, 0.1) is 5.92 Å². The highest BCUT2D eigenvalue weighted by Gasteiger charge is 2.30. The summed E-state index contributed by atoms with van der Waals surface area (Å²) in [5.41, 5.74) is 9.95. The number of anilines is 2. The largest absolute Gasteiger partial charge is 0.450 e. The van der Waals surface area contributed by atoms with Gasteiger partial charge in [-0.05, 0) is 61.9 Å². The van der Waals surface area contributed by atoms with Crippen LogP contribution in [0.2, 0.25) is 0 Å². The molecule has 0 bridgehead atoms. The number of amides is 2. The van der Waals surface area contributed by atoms with Crippen LogP contribution >= 0.6 is 0 Å². The van der Waals surface area contributed by atoms with Gasteiger partial charge in [-0.3, -0.25) is 4.79 Å². The number of nitrogens with zero attached hydrogens (tertiary/aromatic N) is 5. The Labute approximate surface area is 203 Å². The average Bonchev–Trinajstić information content (AvgIpc) is 3.26. The van der Waals surface area contributed by atoms with E-state index in [1.807, 2.05) is 53.6 Å². The van der Waals surface area contributed by atoms with Gasteiger partial charge in [0.1, 0.15) is 0 Å². The Hall–Kier alpha value is -3.92. The van der Waals surface area contributed by atoms with Gasteiger partial charge in [-0.2, -0.15) is 4.98 Å². The van der Waals surface area contributed by atoms with Crippen molar-refractivity contribution in [2.24, 2.45) is 11.7 Å². The monoisotopic (exact) mass is 475 g/mol. The lowest BCUT2D eigenvalue weighted by molar-refractivity contribution is 0.0515. The molecule has 2 aliphatic heterocycles. The van der Waals surface area contributed by atoms with Gasteiger partial charge in [0.05, 0.1) is 6.61 Å². The Balaban J connectivity index is 1.28. The standard InChI is InChI=1S/C25H29N7O3/c1-2-35-25(34)30-12-9-18(10-13-30)21-4-3-11-32-22(21)28-24(29-32)27-20-7-5-19(6-8-20)23(33)31-15-17(14-26)16-31/h3-9,11,17H,2,10,12-16,26H2,1H3,(H,27,29). The summed E-state index contributed by atoms with van der Waals surface area (Å²) in [7, 11) is 0. The van der Waals surface area contributed by atoms with Crippen LogP contribution in [0.3, 0.4) is 0 Å². The first-order valence-electron chi connectivity index (χ1n) is 11.9. The van der Waals surface area contributed by atoms with E-state index in [9.17, 15) is 9.59 Å². The molecule has 0 unspecified atom stereocenters. The lowest BCUT2D eigenvalue weighted by Gasteiger charge is -2.38. The van der Waals surface area contributed by atoms with E-state index >= 15 is 0 Å². The first-order valence-corrected chi connectivity index (χ1v) is 11.9. The minimum atomic E-state index is -0.285. The summed E-state index contributed by atoms with van der Waals surface area (Å²) in [4.78, 5) is 32.7. The van der Waals surface area contributed by atoms with E-state index in [0.29, 0.717) is 50.1 Å². The molecule has 0 atom stereocenters. The van der Waals surface area contributed by atoms with Crippen LogP contribution in [-0.2, 0) is 4.74 Å². The normalized spacial score (nSPS) is 16.1. The number of pyridine rings is 1. The lowest BCUT2D eigenvalue weighted by Crippen LogP contribution is -2.52. The van der Waals surface area contributed by atoms with E-state index in [2.05, 4.69) is 10.4 Å². The molecular weight excluding hydrogens is 446 g/mol. The van der Waals surface area contributed by atoms with Crippen LogP contribution in [-0.4, -0.2) is 75.7 Å². The zero-order chi connectivity index (χ0) is 24.4. The molecule has 0 aliphatic carbocycles.